The molecule has 1 N–H and O–H groups in total. The highest BCUT2D eigenvalue weighted by molar-refractivity contribution is 6.01. The summed E-state index contributed by atoms with van der Waals surface area (Å²) in [5, 5.41) is 9.31. The lowest BCUT2D eigenvalue weighted by atomic mass is 9.79. The Hall–Kier alpha value is -4.37. The Morgan fingerprint density at radius 1 is 0.957 bits per heavy atom. The van der Waals surface area contributed by atoms with E-state index in [4.69, 9.17) is 9.47 Å². The third kappa shape index (κ3) is 7.46. The van der Waals surface area contributed by atoms with Crippen molar-refractivity contribution in [1.82, 2.24) is 4.90 Å². The quantitative estimate of drug-likeness (QED) is 0.273. The Balaban J connectivity index is 1.35. The van der Waals surface area contributed by atoms with Gasteiger partial charge in [-0.2, -0.15) is 0 Å². The van der Waals surface area contributed by atoms with Crippen LogP contribution in [0.25, 0.3) is 11.1 Å². The number of hydrogen-bond donors (Lipinski definition) is 1. The second kappa shape index (κ2) is 13.8. The van der Waals surface area contributed by atoms with Crippen molar-refractivity contribution in [2.75, 3.05) is 42.6 Å². The molecule has 2 fully saturated rings. The molecule has 9 nitrogen and oxygen atoms in total. The fraction of sp³-hybridized carbons (Fsp3) is 0.447. The number of fused-ring (bicyclic) bond motifs is 1. The summed E-state index contributed by atoms with van der Waals surface area (Å²) in [6, 6.07) is 24.3. The van der Waals surface area contributed by atoms with Crippen LogP contribution in [0.4, 0.5) is 16.2 Å². The van der Waals surface area contributed by atoms with Crippen LogP contribution in [-0.2, 0) is 14.3 Å². The zero-order valence-electron chi connectivity index (χ0n) is 27.6. The topological polar surface area (TPSA) is 99.6 Å². The van der Waals surface area contributed by atoms with Gasteiger partial charge in [0.05, 0.1) is 11.6 Å². The monoisotopic (exact) mass is 639 g/mol. The highest BCUT2D eigenvalue weighted by Gasteiger charge is 2.44. The van der Waals surface area contributed by atoms with Crippen LogP contribution >= 0.6 is 0 Å². The van der Waals surface area contributed by atoms with Crippen LogP contribution in [-0.4, -0.2) is 72.4 Å². The van der Waals surface area contributed by atoms with Crippen LogP contribution in [0.1, 0.15) is 64.4 Å². The minimum Gasteiger partial charge on any atom is -0.482 e. The molecule has 3 aliphatic rings. The summed E-state index contributed by atoms with van der Waals surface area (Å²) in [6.07, 6.45) is 3.23. The largest absolute Gasteiger partial charge is 0.482 e. The SMILES string of the molecule is CC(C)(C)OC(=O)N1CCC(c2cccc(-c3ccccc3)c2)C(C(=O)N(c2ccc3c(c2)N(CCCCO)C(=O)CO3)C2CC2)C1. The van der Waals surface area contributed by atoms with Crippen molar-refractivity contribution >= 4 is 29.3 Å². The van der Waals surface area contributed by atoms with Crippen molar-refractivity contribution in [3.63, 3.8) is 0 Å². The van der Waals surface area contributed by atoms with E-state index in [-0.39, 0.29) is 43.5 Å². The molecule has 0 bridgehead atoms. The Morgan fingerprint density at radius 2 is 1.72 bits per heavy atom. The van der Waals surface area contributed by atoms with Gasteiger partial charge in [-0.15, -0.1) is 0 Å². The number of carbonyl (C=O) groups excluding carboxylic acids is 3. The lowest BCUT2D eigenvalue weighted by Crippen LogP contribution is -2.51. The van der Waals surface area contributed by atoms with E-state index in [1.54, 1.807) is 9.80 Å². The average Bonchev–Trinajstić information content (AvgIpc) is 3.90. The third-order valence-corrected chi connectivity index (χ3v) is 9.11. The van der Waals surface area contributed by atoms with Crippen LogP contribution in [0.15, 0.2) is 72.8 Å². The molecular formula is C38H45N3O6. The van der Waals surface area contributed by atoms with Crippen LogP contribution in [0.3, 0.4) is 0 Å². The molecule has 2 atom stereocenters. The number of ether oxygens (including phenoxy) is 2. The normalized spacial score (nSPS) is 19.5. The van der Waals surface area contributed by atoms with E-state index in [0.29, 0.717) is 49.5 Å². The number of rotatable bonds is 9. The first-order chi connectivity index (χ1) is 22.6. The van der Waals surface area contributed by atoms with Gasteiger partial charge in [-0.05, 0) is 93.7 Å². The van der Waals surface area contributed by atoms with Crippen molar-refractivity contribution in [3.8, 4) is 16.9 Å². The van der Waals surface area contributed by atoms with E-state index in [0.717, 1.165) is 29.5 Å². The summed E-state index contributed by atoms with van der Waals surface area (Å²) in [5.74, 6) is -0.188. The summed E-state index contributed by atoms with van der Waals surface area (Å²) in [5.41, 5.74) is 3.97. The van der Waals surface area contributed by atoms with E-state index >= 15 is 0 Å². The maximum absolute atomic E-state index is 14.9. The number of amides is 3. The molecule has 2 heterocycles. The van der Waals surface area contributed by atoms with Gasteiger partial charge in [0, 0.05) is 38.0 Å². The number of unbranched alkanes of at least 4 members (excludes halogenated alkanes) is 1. The number of anilines is 2. The number of carbonyl (C=O) groups is 3. The fourth-order valence-electron chi connectivity index (χ4n) is 6.67. The lowest BCUT2D eigenvalue weighted by Gasteiger charge is -2.41. The summed E-state index contributed by atoms with van der Waals surface area (Å²) in [4.78, 5) is 46.4. The molecule has 3 aromatic rings. The number of aliphatic hydroxyl groups excluding tert-OH is 1. The molecule has 0 radical (unpaired) electrons. The first-order valence-corrected chi connectivity index (χ1v) is 16.8. The molecule has 1 saturated heterocycles. The molecule has 3 amide bonds. The van der Waals surface area contributed by atoms with Gasteiger partial charge in [-0.25, -0.2) is 4.79 Å². The second-order valence-corrected chi connectivity index (χ2v) is 13.8. The molecule has 0 spiro atoms. The van der Waals surface area contributed by atoms with Crippen LogP contribution < -0.4 is 14.5 Å². The van der Waals surface area contributed by atoms with E-state index in [1.165, 1.54) is 0 Å². The van der Waals surface area contributed by atoms with Gasteiger partial charge >= 0.3 is 6.09 Å². The van der Waals surface area contributed by atoms with Gasteiger partial charge in [0.2, 0.25) is 5.91 Å². The molecule has 1 aliphatic carbocycles. The Morgan fingerprint density at radius 3 is 2.45 bits per heavy atom. The van der Waals surface area contributed by atoms with Crippen molar-refractivity contribution in [3.05, 3.63) is 78.4 Å². The third-order valence-electron chi connectivity index (χ3n) is 9.11. The number of piperidine rings is 1. The highest BCUT2D eigenvalue weighted by Crippen LogP contribution is 2.43. The number of nitrogens with zero attached hydrogens (tertiary/aromatic N) is 3. The molecule has 0 aromatic heterocycles. The molecule has 248 valence electrons. The van der Waals surface area contributed by atoms with Gasteiger partial charge in [0.25, 0.3) is 5.91 Å². The number of benzene rings is 3. The minimum absolute atomic E-state index is 0.0364. The Labute approximate surface area is 277 Å². The maximum Gasteiger partial charge on any atom is 0.410 e. The number of aliphatic hydroxyl groups is 1. The van der Waals surface area contributed by atoms with Gasteiger partial charge < -0.3 is 29.3 Å². The first kappa shape index (κ1) is 32.6. The zero-order valence-corrected chi connectivity index (χ0v) is 27.6. The summed E-state index contributed by atoms with van der Waals surface area (Å²) in [6.45, 7) is 6.77. The average molecular weight is 640 g/mol. The van der Waals surface area contributed by atoms with Gasteiger partial charge in [-0.1, -0.05) is 54.6 Å². The first-order valence-electron chi connectivity index (χ1n) is 16.8. The molecule has 3 aromatic carbocycles. The van der Waals surface area contributed by atoms with Crippen molar-refractivity contribution < 1.29 is 29.0 Å². The van der Waals surface area contributed by atoms with Gasteiger partial charge in [0.1, 0.15) is 11.4 Å². The molecule has 1 saturated carbocycles. The van der Waals surface area contributed by atoms with E-state index in [1.807, 2.05) is 68.1 Å². The molecular weight excluding hydrogens is 594 g/mol. The standard InChI is InChI=1S/C38H45N3O6/c1-38(2,3)47-37(45)39-20-18-31(28-13-9-12-27(22-28)26-10-5-4-6-11-26)32(24-39)36(44)41(29-14-15-29)30-16-17-34-33(23-30)40(19-7-8-21-42)35(43)25-46-34/h4-6,9-13,16-17,22-23,29,31-32,42H,7-8,14-15,18-21,24-25H2,1-3H3. The molecule has 2 unspecified atom stereocenters. The van der Waals surface area contributed by atoms with Crippen LogP contribution in [0, 0.1) is 5.92 Å². The smallest absolute Gasteiger partial charge is 0.410 e. The van der Waals surface area contributed by atoms with E-state index < -0.39 is 17.6 Å². The minimum atomic E-state index is -0.650. The van der Waals surface area contributed by atoms with Gasteiger partial charge in [0.15, 0.2) is 6.61 Å². The summed E-state index contributed by atoms with van der Waals surface area (Å²) in [7, 11) is 0. The van der Waals surface area contributed by atoms with Crippen LogP contribution in [0.5, 0.6) is 5.75 Å². The number of likely N-dealkylation sites (tertiary alicyclic amines) is 1. The number of hydrogen-bond acceptors (Lipinski definition) is 6. The predicted molar refractivity (Wildman–Crippen MR) is 182 cm³/mol. The molecule has 47 heavy (non-hydrogen) atoms. The van der Waals surface area contributed by atoms with Crippen molar-refractivity contribution in [2.45, 2.75) is 70.4 Å². The molecule has 2 aliphatic heterocycles. The summed E-state index contributed by atoms with van der Waals surface area (Å²) < 4.78 is 11.5. The Bertz CT molecular complexity index is 1600. The molecule has 6 rings (SSSR count). The van der Waals surface area contributed by atoms with Crippen molar-refractivity contribution in [2.24, 2.45) is 5.92 Å². The Kier molecular flexibility index (Phi) is 9.55. The van der Waals surface area contributed by atoms with E-state index in [9.17, 15) is 19.5 Å². The maximum atomic E-state index is 14.9. The van der Waals surface area contributed by atoms with Crippen LogP contribution in [0.2, 0.25) is 0 Å². The summed E-state index contributed by atoms with van der Waals surface area (Å²) >= 11 is 0. The molecule has 9 heteroatoms. The second-order valence-electron chi connectivity index (χ2n) is 13.8. The highest BCUT2D eigenvalue weighted by atomic mass is 16.6. The fourth-order valence-corrected chi connectivity index (χ4v) is 6.67. The predicted octanol–water partition coefficient (Wildman–Crippen LogP) is 6.39. The van der Waals surface area contributed by atoms with E-state index in [2.05, 4.69) is 30.3 Å². The lowest BCUT2D eigenvalue weighted by molar-refractivity contribution is -0.124. The van der Waals surface area contributed by atoms with Gasteiger partial charge in [-0.3, -0.25) is 9.59 Å². The van der Waals surface area contributed by atoms with Crippen molar-refractivity contribution in [1.29, 1.82) is 0 Å². The zero-order chi connectivity index (χ0) is 33.1.